The van der Waals surface area contributed by atoms with Crippen LogP contribution < -0.4 is 0 Å². The van der Waals surface area contributed by atoms with E-state index in [1.807, 2.05) is 0 Å². The second kappa shape index (κ2) is 56.2. The van der Waals surface area contributed by atoms with Crippen molar-refractivity contribution in [3.8, 4) is 0 Å². The van der Waals surface area contributed by atoms with Crippen LogP contribution >= 0.6 is 0 Å². The Morgan fingerprint density at radius 2 is 0.582 bits per heavy atom. The summed E-state index contributed by atoms with van der Waals surface area (Å²) in [5.41, 5.74) is 0. The Balaban J connectivity index is 4.34. The van der Waals surface area contributed by atoms with E-state index in [-0.39, 0.29) is 31.1 Å². The van der Waals surface area contributed by atoms with Gasteiger partial charge in [0.2, 0.25) is 0 Å². The van der Waals surface area contributed by atoms with Gasteiger partial charge >= 0.3 is 17.9 Å². The molecule has 0 rings (SSSR count). The Bertz CT molecular complexity index is 1130. The van der Waals surface area contributed by atoms with Gasteiger partial charge in [0.05, 0.1) is 0 Å². The molecule has 0 saturated carbocycles. The third-order valence-electron chi connectivity index (χ3n) is 13.2. The number of esters is 3. The van der Waals surface area contributed by atoms with Gasteiger partial charge in [-0.3, -0.25) is 14.4 Å². The third kappa shape index (κ3) is 54.4. The molecule has 0 radical (unpaired) electrons. The van der Waals surface area contributed by atoms with Crippen molar-refractivity contribution in [3.63, 3.8) is 0 Å². The van der Waals surface area contributed by atoms with Crippen LogP contribution in [0.1, 0.15) is 316 Å². The van der Waals surface area contributed by atoms with Crippen LogP contribution in [0.25, 0.3) is 0 Å². The summed E-state index contributed by atoms with van der Waals surface area (Å²) in [6, 6.07) is 0. The SMILES string of the molecule is CC/C=C\C/C=C\C/C=C\CCCCCCCC(=O)OC[C@H](COC(=O)CCCCCCCCCCCCCCCCCCC)OC(=O)CCCCCCCCCCCCCCCCCCC. The van der Waals surface area contributed by atoms with Crippen molar-refractivity contribution in [2.24, 2.45) is 0 Å². The van der Waals surface area contributed by atoms with Crippen LogP contribution in [0, 0.1) is 0 Å². The summed E-state index contributed by atoms with van der Waals surface area (Å²) in [4.78, 5) is 38.2. The van der Waals surface area contributed by atoms with Crippen molar-refractivity contribution in [1.29, 1.82) is 0 Å². The van der Waals surface area contributed by atoms with Gasteiger partial charge in [-0.05, 0) is 51.4 Å². The van der Waals surface area contributed by atoms with E-state index in [1.54, 1.807) is 0 Å². The number of hydrogen-bond donors (Lipinski definition) is 0. The average Bonchev–Trinajstić information content (AvgIpc) is 3.33. The van der Waals surface area contributed by atoms with Crippen molar-refractivity contribution in [2.75, 3.05) is 13.2 Å². The number of rotatable bonds is 54. The molecule has 0 aromatic rings. The lowest BCUT2D eigenvalue weighted by atomic mass is 10.0. The molecule has 0 unspecified atom stereocenters. The molecule has 0 N–H and O–H groups in total. The molecule has 392 valence electrons. The Hall–Kier alpha value is -2.37. The molecule has 0 fully saturated rings. The summed E-state index contributed by atoms with van der Waals surface area (Å²) < 4.78 is 16.9. The molecule has 0 aromatic carbocycles. The van der Waals surface area contributed by atoms with E-state index < -0.39 is 6.10 Å². The Kier molecular flexibility index (Phi) is 54.2. The van der Waals surface area contributed by atoms with Crippen LogP contribution in [0.15, 0.2) is 36.5 Å². The maximum absolute atomic E-state index is 12.9. The Morgan fingerprint density at radius 3 is 0.910 bits per heavy atom. The van der Waals surface area contributed by atoms with E-state index >= 15 is 0 Å². The molecule has 6 nitrogen and oxygen atoms in total. The highest BCUT2D eigenvalue weighted by Gasteiger charge is 2.19. The largest absolute Gasteiger partial charge is 0.462 e. The van der Waals surface area contributed by atoms with E-state index in [1.165, 1.54) is 180 Å². The first-order chi connectivity index (χ1) is 33.0. The molecule has 0 aliphatic rings. The molecule has 0 aliphatic carbocycles. The van der Waals surface area contributed by atoms with Crippen molar-refractivity contribution in [2.45, 2.75) is 322 Å². The fourth-order valence-electron chi connectivity index (χ4n) is 8.75. The molecule has 1 atom stereocenters. The van der Waals surface area contributed by atoms with Gasteiger partial charge < -0.3 is 14.2 Å². The number of carbonyl (C=O) groups excluding carboxylic acids is 3. The quantitative estimate of drug-likeness (QED) is 0.0262. The van der Waals surface area contributed by atoms with Crippen LogP contribution in [-0.2, 0) is 28.6 Å². The lowest BCUT2D eigenvalue weighted by Gasteiger charge is -2.18. The molecule has 67 heavy (non-hydrogen) atoms. The van der Waals surface area contributed by atoms with Gasteiger partial charge in [-0.1, -0.05) is 282 Å². The fraction of sp³-hybridized carbons (Fsp3) is 0.852. The van der Waals surface area contributed by atoms with Gasteiger partial charge in [-0.25, -0.2) is 0 Å². The van der Waals surface area contributed by atoms with Gasteiger partial charge in [-0.15, -0.1) is 0 Å². The summed E-state index contributed by atoms with van der Waals surface area (Å²) in [5.74, 6) is -0.869. The maximum atomic E-state index is 12.9. The zero-order valence-electron chi connectivity index (χ0n) is 44.9. The van der Waals surface area contributed by atoms with Crippen LogP contribution in [0.5, 0.6) is 0 Å². The average molecular weight is 942 g/mol. The molecule has 0 saturated heterocycles. The van der Waals surface area contributed by atoms with Gasteiger partial charge in [-0.2, -0.15) is 0 Å². The minimum Gasteiger partial charge on any atom is -0.462 e. The maximum Gasteiger partial charge on any atom is 0.306 e. The van der Waals surface area contributed by atoms with E-state index in [4.69, 9.17) is 14.2 Å². The number of ether oxygens (including phenoxy) is 3. The van der Waals surface area contributed by atoms with Gasteiger partial charge in [0.25, 0.3) is 0 Å². The summed E-state index contributed by atoms with van der Waals surface area (Å²) in [6.45, 7) is 6.57. The fourth-order valence-corrected chi connectivity index (χ4v) is 8.75. The molecule has 0 aromatic heterocycles. The van der Waals surface area contributed by atoms with Gasteiger partial charge in [0.1, 0.15) is 13.2 Å². The summed E-state index contributed by atoms with van der Waals surface area (Å²) in [5, 5.41) is 0. The van der Waals surface area contributed by atoms with Crippen molar-refractivity contribution >= 4 is 17.9 Å². The first-order valence-electron chi connectivity index (χ1n) is 29.5. The van der Waals surface area contributed by atoms with Gasteiger partial charge in [0, 0.05) is 19.3 Å². The molecular formula is C61H112O6. The van der Waals surface area contributed by atoms with E-state index in [0.29, 0.717) is 19.3 Å². The Labute approximate surface area is 416 Å². The van der Waals surface area contributed by atoms with Crippen LogP contribution in [0.4, 0.5) is 0 Å². The standard InChI is InChI=1S/C61H112O6/c1-4-7-10-13-16-19-22-25-28-30-33-36-39-42-45-48-51-54-60(63)66-57-58(56-65-59(62)53-50-47-44-41-38-35-32-27-24-21-18-15-12-9-6-3)67-61(64)55-52-49-46-43-40-37-34-31-29-26-23-20-17-14-11-8-5-2/h9,12,18,21,27,32,58H,4-8,10-11,13-17,19-20,22-26,28-31,33-57H2,1-3H3/b12-9-,21-18-,32-27-/t58-/m1/s1. The molecule has 0 spiro atoms. The molecule has 0 aliphatic heterocycles. The topological polar surface area (TPSA) is 78.9 Å². The zero-order valence-corrected chi connectivity index (χ0v) is 44.9. The predicted molar refractivity (Wildman–Crippen MR) is 289 cm³/mol. The highest BCUT2D eigenvalue weighted by Crippen LogP contribution is 2.17. The first kappa shape index (κ1) is 64.6. The van der Waals surface area contributed by atoms with Gasteiger partial charge in [0.15, 0.2) is 6.10 Å². The lowest BCUT2D eigenvalue weighted by Crippen LogP contribution is -2.30. The first-order valence-corrected chi connectivity index (χ1v) is 29.5. The zero-order chi connectivity index (χ0) is 48.6. The normalized spacial score (nSPS) is 12.2. The van der Waals surface area contributed by atoms with Crippen LogP contribution in [-0.4, -0.2) is 37.2 Å². The summed E-state index contributed by atoms with van der Waals surface area (Å²) in [7, 11) is 0. The van der Waals surface area contributed by atoms with E-state index in [2.05, 4.69) is 57.2 Å². The highest BCUT2D eigenvalue weighted by molar-refractivity contribution is 5.71. The van der Waals surface area contributed by atoms with E-state index in [9.17, 15) is 14.4 Å². The molecule has 0 amide bonds. The second-order valence-corrected chi connectivity index (χ2v) is 19.9. The predicted octanol–water partition coefficient (Wildman–Crippen LogP) is 19.7. The third-order valence-corrected chi connectivity index (χ3v) is 13.2. The van der Waals surface area contributed by atoms with Crippen LogP contribution in [0.2, 0.25) is 0 Å². The Morgan fingerprint density at radius 1 is 0.313 bits per heavy atom. The van der Waals surface area contributed by atoms with Crippen LogP contribution in [0.3, 0.4) is 0 Å². The molecule has 0 heterocycles. The van der Waals surface area contributed by atoms with Crippen molar-refractivity contribution < 1.29 is 28.6 Å². The summed E-state index contributed by atoms with van der Waals surface area (Å²) in [6.07, 6.45) is 67.1. The number of hydrogen-bond acceptors (Lipinski definition) is 6. The number of unbranched alkanes of at least 4 members (excludes halogenated alkanes) is 37. The summed E-state index contributed by atoms with van der Waals surface area (Å²) >= 11 is 0. The molecule has 0 bridgehead atoms. The number of carbonyl (C=O) groups is 3. The highest BCUT2D eigenvalue weighted by atomic mass is 16.6. The van der Waals surface area contributed by atoms with Crippen molar-refractivity contribution in [1.82, 2.24) is 0 Å². The monoisotopic (exact) mass is 941 g/mol. The van der Waals surface area contributed by atoms with Crippen molar-refractivity contribution in [3.05, 3.63) is 36.5 Å². The molecule has 6 heteroatoms. The lowest BCUT2D eigenvalue weighted by molar-refractivity contribution is -0.167. The minimum atomic E-state index is -0.775. The number of allylic oxidation sites excluding steroid dienone is 6. The minimum absolute atomic E-state index is 0.0725. The smallest absolute Gasteiger partial charge is 0.306 e. The van der Waals surface area contributed by atoms with E-state index in [0.717, 1.165) is 96.3 Å². The molecular weight excluding hydrogens is 829 g/mol. The second-order valence-electron chi connectivity index (χ2n) is 19.9.